The first-order chi connectivity index (χ1) is 9.67. The van der Waals surface area contributed by atoms with Gasteiger partial charge in [-0.05, 0) is 56.8 Å². The molecule has 2 atom stereocenters. The minimum atomic E-state index is 0.317. The second-order valence-corrected chi connectivity index (χ2v) is 6.19. The topological polar surface area (TPSA) is 15.3 Å². The Bertz CT molecular complexity index is 433. The summed E-state index contributed by atoms with van der Waals surface area (Å²) in [5.41, 5.74) is 2.49. The zero-order valence-corrected chi connectivity index (χ0v) is 13.7. The van der Waals surface area contributed by atoms with Gasteiger partial charge >= 0.3 is 0 Å². The monoisotopic (exact) mass is 294 g/mol. The molecule has 0 aliphatic carbocycles. The predicted molar refractivity (Wildman–Crippen MR) is 88.8 cm³/mol. The summed E-state index contributed by atoms with van der Waals surface area (Å²) in [5.74, 6) is 0. The van der Waals surface area contributed by atoms with Gasteiger partial charge in [-0.15, -0.1) is 0 Å². The Kier molecular flexibility index (Phi) is 5.74. The van der Waals surface area contributed by atoms with Crippen molar-refractivity contribution in [2.24, 2.45) is 0 Å². The average Bonchev–Trinajstić information content (AvgIpc) is 2.93. The molecule has 3 heteroatoms. The minimum absolute atomic E-state index is 0.317. The van der Waals surface area contributed by atoms with Crippen molar-refractivity contribution in [1.29, 1.82) is 0 Å². The highest BCUT2D eigenvalue weighted by Gasteiger charge is 2.23. The molecule has 0 saturated carbocycles. The average molecular weight is 295 g/mol. The Hall–Kier alpha value is -0.730. The highest BCUT2D eigenvalue weighted by molar-refractivity contribution is 6.31. The molecule has 1 heterocycles. The molecule has 112 valence electrons. The van der Waals surface area contributed by atoms with Crippen molar-refractivity contribution in [1.82, 2.24) is 5.32 Å². The van der Waals surface area contributed by atoms with Gasteiger partial charge in [-0.2, -0.15) is 0 Å². The maximum absolute atomic E-state index is 6.51. The van der Waals surface area contributed by atoms with E-state index in [0.29, 0.717) is 12.1 Å². The van der Waals surface area contributed by atoms with Gasteiger partial charge in [0.25, 0.3) is 0 Å². The maximum Gasteiger partial charge on any atom is 0.0474 e. The first-order valence-corrected chi connectivity index (χ1v) is 8.34. The summed E-state index contributed by atoms with van der Waals surface area (Å²) in [6.45, 7) is 8.83. The van der Waals surface area contributed by atoms with Crippen LogP contribution in [0.2, 0.25) is 5.02 Å². The number of benzene rings is 1. The number of nitrogens with zero attached hydrogens (tertiary/aromatic N) is 1. The van der Waals surface area contributed by atoms with E-state index in [1.165, 1.54) is 30.5 Å². The number of rotatable bonds is 6. The summed E-state index contributed by atoms with van der Waals surface area (Å²) in [6.07, 6.45) is 4.97. The Morgan fingerprint density at radius 2 is 2.20 bits per heavy atom. The van der Waals surface area contributed by atoms with Crippen LogP contribution in [0.15, 0.2) is 18.2 Å². The Balaban J connectivity index is 2.13. The first kappa shape index (κ1) is 15.7. The highest BCUT2D eigenvalue weighted by atomic mass is 35.5. The van der Waals surface area contributed by atoms with Crippen molar-refractivity contribution in [2.45, 2.75) is 58.5 Å². The molecule has 20 heavy (non-hydrogen) atoms. The zero-order chi connectivity index (χ0) is 14.5. The molecule has 1 N–H and O–H groups in total. The van der Waals surface area contributed by atoms with E-state index >= 15 is 0 Å². The smallest absolute Gasteiger partial charge is 0.0474 e. The van der Waals surface area contributed by atoms with Crippen molar-refractivity contribution in [3.05, 3.63) is 28.8 Å². The lowest BCUT2D eigenvalue weighted by molar-refractivity contribution is 0.570. The fraction of sp³-hybridized carbons (Fsp3) is 0.647. The van der Waals surface area contributed by atoms with E-state index in [9.17, 15) is 0 Å². The van der Waals surface area contributed by atoms with Crippen LogP contribution in [0.5, 0.6) is 0 Å². The Morgan fingerprint density at radius 1 is 1.40 bits per heavy atom. The number of hydrogen-bond acceptors (Lipinski definition) is 2. The molecule has 2 unspecified atom stereocenters. The molecule has 2 nitrogen and oxygen atoms in total. The van der Waals surface area contributed by atoms with Crippen LogP contribution in [0.3, 0.4) is 0 Å². The van der Waals surface area contributed by atoms with E-state index < -0.39 is 0 Å². The van der Waals surface area contributed by atoms with Crippen molar-refractivity contribution < 1.29 is 0 Å². The number of anilines is 1. The van der Waals surface area contributed by atoms with Gasteiger partial charge < -0.3 is 10.2 Å². The third-order valence-electron chi connectivity index (χ3n) is 4.33. The molecule has 1 fully saturated rings. The SMILES string of the molecule is CCCNC(C)c1ccc(N2CCCC2CC)cc1Cl. The first-order valence-electron chi connectivity index (χ1n) is 7.96. The van der Waals surface area contributed by atoms with Crippen molar-refractivity contribution in [3.8, 4) is 0 Å². The van der Waals surface area contributed by atoms with Gasteiger partial charge in [-0.1, -0.05) is 31.5 Å². The van der Waals surface area contributed by atoms with E-state index in [4.69, 9.17) is 11.6 Å². The molecule has 0 aromatic heterocycles. The van der Waals surface area contributed by atoms with Crippen LogP contribution >= 0.6 is 11.6 Å². The van der Waals surface area contributed by atoms with E-state index in [1.807, 2.05) is 0 Å². The van der Waals surface area contributed by atoms with Crippen LogP contribution in [0, 0.1) is 0 Å². The maximum atomic E-state index is 6.51. The number of nitrogens with one attached hydrogen (secondary N) is 1. The third-order valence-corrected chi connectivity index (χ3v) is 4.66. The van der Waals surface area contributed by atoms with Crippen molar-refractivity contribution in [3.63, 3.8) is 0 Å². The van der Waals surface area contributed by atoms with Crippen LogP contribution < -0.4 is 10.2 Å². The standard InChI is InChI=1S/C17H27ClN2/c1-4-10-19-13(3)16-9-8-15(12-17(16)18)20-11-6-7-14(20)5-2/h8-9,12-14,19H,4-7,10-11H2,1-3H3. The van der Waals surface area contributed by atoms with Crippen LogP contribution in [0.4, 0.5) is 5.69 Å². The number of halogens is 1. The largest absolute Gasteiger partial charge is 0.369 e. The van der Waals surface area contributed by atoms with Crippen molar-refractivity contribution >= 4 is 17.3 Å². The second kappa shape index (κ2) is 7.33. The second-order valence-electron chi connectivity index (χ2n) is 5.78. The van der Waals surface area contributed by atoms with Gasteiger partial charge in [0.15, 0.2) is 0 Å². The lowest BCUT2D eigenvalue weighted by Crippen LogP contribution is -2.28. The van der Waals surface area contributed by atoms with E-state index in [1.54, 1.807) is 0 Å². The van der Waals surface area contributed by atoms with Crippen LogP contribution in [0.1, 0.15) is 58.1 Å². The molecule has 0 spiro atoms. The summed E-state index contributed by atoms with van der Waals surface area (Å²) in [5, 5.41) is 4.39. The van der Waals surface area contributed by atoms with Gasteiger partial charge in [0.2, 0.25) is 0 Å². The van der Waals surface area contributed by atoms with Crippen molar-refractivity contribution in [2.75, 3.05) is 18.0 Å². The normalized spacial score (nSPS) is 20.4. The molecule has 1 aliphatic rings. The molecule has 1 aromatic carbocycles. The summed E-state index contributed by atoms with van der Waals surface area (Å²) < 4.78 is 0. The van der Waals surface area contributed by atoms with Gasteiger partial charge in [0.1, 0.15) is 0 Å². The molecular weight excluding hydrogens is 268 g/mol. The highest BCUT2D eigenvalue weighted by Crippen LogP contribution is 2.32. The van der Waals surface area contributed by atoms with Gasteiger partial charge in [-0.3, -0.25) is 0 Å². The lowest BCUT2D eigenvalue weighted by Gasteiger charge is -2.27. The summed E-state index contributed by atoms with van der Waals surface area (Å²) >= 11 is 6.51. The summed E-state index contributed by atoms with van der Waals surface area (Å²) in [6, 6.07) is 7.58. The summed E-state index contributed by atoms with van der Waals surface area (Å²) in [4.78, 5) is 2.51. The molecule has 1 saturated heterocycles. The van der Waals surface area contributed by atoms with E-state index in [-0.39, 0.29) is 0 Å². The molecule has 0 radical (unpaired) electrons. The van der Waals surface area contributed by atoms with Crippen LogP contribution in [-0.4, -0.2) is 19.1 Å². The van der Waals surface area contributed by atoms with Gasteiger partial charge in [-0.25, -0.2) is 0 Å². The fourth-order valence-electron chi connectivity index (χ4n) is 3.12. The lowest BCUT2D eigenvalue weighted by atomic mass is 10.1. The molecular formula is C17H27ClN2. The van der Waals surface area contributed by atoms with E-state index in [2.05, 4.69) is 49.2 Å². The van der Waals surface area contributed by atoms with Crippen LogP contribution in [-0.2, 0) is 0 Å². The van der Waals surface area contributed by atoms with Gasteiger partial charge in [0.05, 0.1) is 0 Å². The third kappa shape index (κ3) is 3.48. The summed E-state index contributed by atoms with van der Waals surface area (Å²) in [7, 11) is 0. The van der Waals surface area contributed by atoms with Gasteiger partial charge in [0, 0.05) is 29.3 Å². The van der Waals surface area contributed by atoms with Crippen LogP contribution in [0.25, 0.3) is 0 Å². The number of hydrogen-bond donors (Lipinski definition) is 1. The molecule has 2 rings (SSSR count). The quantitative estimate of drug-likeness (QED) is 0.812. The van der Waals surface area contributed by atoms with E-state index in [0.717, 1.165) is 24.5 Å². The Labute approximate surface area is 128 Å². The molecule has 0 amide bonds. The Morgan fingerprint density at radius 3 is 2.85 bits per heavy atom. The predicted octanol–water partition coefficient (Wildman–Crippen LogP) is 4.78. The molecule has 1 aromatic rings. The zero-order valence-electron chi connectivity index (χ0n) is 13.0. The minimum Gasteiger partial charge on any atom is -0.369 e. The fourth-order valence-corrected chi connectivity index (χ4v) is 3.46. The molecule has 0 bridgehead atoms. The molecule has 1 aliphatic heterocycles.